The van der Waals surface area contributed by atoms with Crippen molar-refractivity contribution < 1.29 is 37.7 Å². The highest BCUT2D eigenvalue weighted by Crippen LogP contribution is 2.58. The third-order valence-corrected chi connectivity index (χ3v) is 13.2. The smallest absolute Gasteiger partial charge is 0.434 e. The molecule has 0 unspecified atom stereocenters. The molecule has 4 aromatic rings. The number of halogens is 3. The van der Waals surface area contributed by atoms with Crippen LogP contribution in [-0.4, -0.2) is 72.4 Å². The minimum Gasteiger partial charge on any atom is -0.490 e. The molecule has 1 aliphatic heterocycles. The van der Waals surface area contributed by atoms with E-state index in [1.54, 1.807) is 18.5 Å². The highest BCUT2D eigenvalue weighted by atomic mass is 19.4. The number of ether oxygens (including phenoxy) is 1. The Bertz CT molecular complexity index is 2060. The summed E-state index contributed by atoms with van der Waals surface area (Å²) in [5.41, 5.74) is -2.32. The highest BCUT2D eigenvalue weighted by molar-refractivity contribution is 6.00. The van der Waals surface area contributed by atoms with Crippen LogP contribution in [0.15, 0.2) is 55.0 Å². The van der Waals surface area contributed by atoms with E-state index in [-0.39, 0.29) is 29.7 Å². The summed E-state index contributed by atoms with van der Waals surface area (Å²) in [4.78, 5) is 41.7. The van der Waals surface area contributed by atoms with Gasteiger partial charge in [-0.25, -0.2) is 19.7 Å². The number of amides is 1. The van der Waals surface area contributed by atoms with Crippen molar-refractivity contribution in [2.24, 2.45) is 23.7 Å². The summed E-state index contributed by atoms with van der Waals surface area (Å²) in [6, 6.07) is 9.95. The third kappa shape index (κ3) is 6.49. The number of carbonyl (C=O) groups is 2. The fourth-order valence-electron chi connectivity index (χ4n) is 10.8. The summed E-state index contributed by atoms with van der Waals surface area (Å²) in [5.74, 6) is -0.732. The van der Waals surface area contributed by atoms with Crippen molar-refractivity contribution in [2.45, 2.75) is 101 Å². The van der Waals surface area contributed by atoms with Crippen LogP contribution < -0.4 is 15.0 Å². The van der Waals surface area contributed by atoms with Gasteiger partial charge in [-0.15, -0.1) is 0 Å². The molecule has 4 heterocycles. The number of aromatic nitrogens is 4. The van der Waals surface area contributed by atoms with Gasteiger partial charge in [0.1, 0.15) is 17.4 Å². The largest absolute Gasteiger partial charge is 0.490 e. The zero-order valence-corrected chi connectivity index (χ0v) is 30.4. The third-order valence-electron chi connectivity index (χ3n) is 13.2. The van der Waals surface area contributed by atoms with Gasteiger partial charge in [0.05, 0.1) is 22.9 Å². The Morgan fingerprint density at radius 3 is 2.20 bits per heavy atom. The first kappa shape index (κ1) is 35.9. The molecule has 3 N–H and O–H groups in total. The maximum absolute atomic E-state index is 14.9. The SMILES string of the molecule is O=C(NC1(C(=O)O)C2CC3CC(C2)CC1C3)c1ccc(-c2cn([C@H]3CC[C@H](O)CC3)c3cc(OC4CCN(c5ncccn5)CC4)ccc23)nc1C(F)(F)F. The number of fused-ring (bicyclic) bond motifs is 1. The molecule has 6 fully saturated rings. The molecule has 0 atom stereocenters. The minimum atomic E-state index is -4.98. The lowest BCUT2D eigenvalue weighted by atomic mass is 9.48. The van der Waals surface area contributed by atoms with Gasteiger partial charge < -0.3 is 29.7 Å². The Morgan fingerprint density at radius 1 is 0.891 bits per heavy atom. The molecule has 5 aliphatic carbocycles. The maximum Gasteiger partial charge on any atom is 0.434 e. The van der Waals surface area contributed by atoms with Crippen LogP contribution in [0.2, 0.25) is 0 Å². The molecule has 55 heavy (non-hydrogen) atoms. The fourth-order valence-corrected chi connectivity index (χ4v) is 10.8. The van der Waals surface area contributed by atoms with E-state index in [4.69, 9.17) is 4.74 Å². The van der Waals surface area contributed by atoms with Crippen LogP contribution in [0.4, 0.5) is 19.1 Å². The highest BCUT2D eigenvalue weighted by Gasteiger charge is 2.62. The van der Waals surface area contributed by atoms with Crippen LogP contribution in [-0.2, 0) is 11.0 Å². The molecule has 11 nitrogen and oxygen atoms in total. The predicted molar refractivity (Wildman–Crippen MR) is 196 cm³/mol. The number of hydrogen-bond acceptors (Lipinski definition) is 8. The lowest BCUT2D eigenvalue weighted by Gasteiger charge is -2.59. The molecule has 10 rings (SSSR count). The molecule has 4 bridgehead atoms. The van der Waals surface area contributed by atoms with Crippen molar-refractivity contribution >= 4 is 28.7 Å². The Morgan fingerprint density at radius 2 is 1.56 bits per heavy atom. The Kier molecular flexibility index (Phi) is 9.01. The fraction of sp³-hybridized carbons (Fsp3) is 0.537. The lowest BCUT2D eigenvalue weighted by Crippen LogP contribution is -2.70. The molecule has 0 radical (unpaired) electrons. The van der Waals surface area contributed by atoms with Crippen LogP contribution >= 0.6 is 0 Å². The number of carboxylic acids is 1. The molecule has 14 heteroatoms. The molecule has 1 saturated heterocycles. The summed E-state index contributed by atoms with van der Waals surface area (Å²) in [5, 5.41) is 24.1. The number of carboxylic acid groups (broad SMARTS) is 1. The standard InChI is InChI=1S/C41H45F3N6O5/c42-41(43,44)36-32(37(52)48-40(38(53)54)25-17-23-16-24(19-25)20-26(40)18-23)8-9-34(47-36)33-22-50(27-2-4-28(51)5-3-27)35-21-30(6-7-31(33)35)55-29-10-14-49(15-11-29)39-45-12-1-13-46-39/h1,6-9,12-13,21-29,51H,2-5,10-11,14-20H2,(H,48,52)(H,53,54)/t23?,24?,25?,26?,27-,28-,40?. The van der Waals surface area contributed by atoms with E-state index in [1.807, 2.05) is 24.4 Å². The van der Waals surface area contributed by atoms with E-state index >= 15 is 0 Å². The van der Waals surface area contributed by atoms with Gasteiger partial charge >= 0.3 is 12.1 Å². The van der Waals surface area contributed by atoms with Gasteiger partial charge in [0.25, 0.3) is 5.91 Å². The number of aliphatic carboxylic acids is 1. The number of aliphatic hydroxyl groups is 1. The number of hydrogen-bond donors (Lipinski definition) is 3. The second-order valence-corrected chi connectivity index (χ2v) is 16.5. The summed E-state index contributed by atoms with van der Waals surface area (Å²) < 4.78 is 53.1. The Hall–Kier alpha value is -4.72. The number of piperidine rings is 1. The van der Waals surface area contributed by atoms with Gasteiger partial charge in [0, 0.05) is 67.6 Å². The number of rotatable bonds is 8. The van der Waals surface area contributed by atoms with Gasteiger partial charge in [-0.3, -0.25) is 4.79 Å². The van der Waals surface area contributed by atoms with Gasteiger partial charge in [0.2, 0.25) is 5.95 Å². The average molecular weight is 759 g/mol. The normalized spacial score (nSPS) is 29.4. The topological polar surface area (TPSA) is 143 Å². The molecule has 1 aromatic carbocycles. The number of benzene rings is 1. The maximum atomic E-state index is 14.9. The number of nitrogens with one attached hydrogen (secondary N) is 1. The number of aliphatic hydroxyl groups excluding tert-OH is 1. The van der Waals surface area contributed by atoms with E-state index in [0.29, 0.717) is 85.8 Å². The first-order valence-electron chi connectivity index (χ1n) is 19.6. The second kappa shape index (κ2) is 13.8. The Balaban J connectivity index is 1.03. The van der Waals surface area contributed by atoms with E-state index in [0.717, 1.165) is 43.9 Å². The number of nitrogens with zero attached hydrogens (tertiary/aromatic N) is 5. The summed E-state index contributed by atoms with van der Waals surface area (Å²) in [7, 11) is 0. The van der Waals surface area contributed by atoms with Crippen molar-refractivity contribution in [1.29, 1.82) is 0 Å². The molecule has 3 aromatic heterocycles. The van der Waals surface area contributed by atoms with Gasteiger partial charge in [-0.05, 0) is 112 Å². The van der Waals surface area contributed by atoms with Crippen LogP contribution in [0.3, 0.4) is 0 Å². The summed E-state index contributed by atoms with van der Waals surface area (Å²) >= 11 is 0. The Labute approximate surface area is 316 Å². The first-order chi connectivity index (χ1) is 26.5. The second-order valence-electron chi connectivity index (χ2n) is 16.5. The molecule has 6 aliphatic rings. The molecular formula is C41H45F3N6O5. The quantitative estimate of drug-likeness (QED) is 0.172. The summed E-state index contributed by atoms with van der Waals surface area (Å²) in [6.07, 6.45) is 7.69. The van der Waals surface area contributed by atoms with Crippen LogP contribution in [0.25, 0.3) is 22.2 Å². The summed E-state index contributed by atoms with van der Waals surface area (Å²) in [6.45, 7) is 1.48. The van der Waals surface area contributed by atoms with Crippen molar-refractivity contribution in [3.63, 3.8) is 0 Å². The van der Waals surface area contributed by atoms with Gasteiger partial charge in [0.15, 0.2) is 5.69 Å². The zero-order valence-electron chi connectivity index (χ0n) is 30.4. The van der Waals surface area contributed by atoms with Crippen molar-refractivity contribution in [2.75, 3.05) is 18.0 Å². The van der Waals surface area contributed by atoms with Crippen molar-refractivity contribution in [3.05, 3.63) is 66.2 Å². The number of alkyl halides is 3. The van der Waals surface area contributed by atoms with E-state index in [1.165, 1.54) is 6.07 Å². The monoisotopic (exact) mass is 758 g/mol. The van der Waals surface area contributed by atoms with E-state index in [2.05, 4.69) is 29.7 Å². The molecule has 5 saturated carbocycles. The predicted octanol–water partition coefficient (Wildman–Crippen LogP) is 7.05. The average Bonchev–Trinajstić information content (AvgIpc) is 3.55. The number of carbonyl (C=O) groups excluding carboxylic acids is 1. The molecule has 1 amide bonds. The van der Waals surface area contributed by atoms with Gasteiger partial charge in [-0.2, -0.15) is 13.2 Å². The number of pyridine rings is 1. The van der Waals surface area contributed by atoms with Gasteiger partial charge in [-0.1, -0.05) is 0 Å². The van der Waals surface area contributed by atoms with Crippen molar-refractivity contribution in [3.8, 4) is 17.0 Å². The van der Waals surface area contributed by atoms with Crippen LogP contribution in [0.5, 0.6) is 5.75 Å². The van der Waals surface area contributed by atoms with Crippen LogP contribution in [0, 0.1) is 23.7 Å². The minimum absolute atomic E-state index is 0.00402. The molecular weight excluding hydrogens is 713 g/mol. The lowest BCUT2D eigenvalue weighted by molar-refractivity contribution is -0.163. The number of anilines is 1. The molecule has 290 valence electrons. The van der Waals surface area contributed by atoms with E-state index < -0.39 is 41.0 Å². The first-order valence-corrected chi connectivity index (χ1v) is 19.6. The molecule has 0 spiro atoms. The van der Waals surface area contributed by atoms with E-state index in [9.17, 15) is 33.0 Å². The van der Waals surface area contributed by atoms with Crippen LogP contribution in [0.1, 0.15) is 92.7 Å². The zero-order chi connectivity index (χ0) is 38.1. The van der Waals surface area contributed by atoms with Crippen molar-refractivity contribution in [1.82, 2.24) is 24.8 Å².